The van der Waals surface area contributed by atoms with Gasteiger partial charge in [-0.25, -0.2) is 9.37 Å². The van der Waals surface area contributed by atoms with Crippen molar-refractivity contribution >= 4 is 32.6 Å². The molecular formula is C22H27FN3O2S+. The number of carbonyl (C=O) groups is 1. The number of rotatable bonds is 10. The maximum Gasteiger partial charge on any atom is 0.232 e. The van der Waals surface area contributed by atoms with Crippen LogP contribution < -0.4 is 14.5 Å². The molecule has 29 heavy (non-hydrogen) atoms. The lowest BCUT2D eigenvalue weighted by atomic mass is 10.3. The number of halogens is 1. The number of anilines is 1. The van der Waals surface area contributed by atoms with E-state index >= 15 is 0 Å². The minimum atomic E-state index is -0.362. The molecule has 0 bridgehead atoms. The molecule has 3 rings (SSSR count). The Hall–Kier alpha value is -2.51. The van der Waals surface area contributed by atoms with Gasteiger partial charge in [-0.2, -0.15) is 0 Å². The standard InChI is InChI=1S/C22H26FN3O2S/c1-3-25(4-2)14-15-26(20(27)13-16-28-17-9-6-5-7-10-17)22-24-21-18(23)11-8-12-19(21)29-22/h5-12H,3-4,13-16H2,1-2H3/p+1. The molecule has 0 saturated heterocycles. The largest absolute Gasteiger partial charge is 0.493 e. The van der Waals surface area contributed by atoms with Crippen molar-refractivity contribution < 1.29 is 18.8 Å². The van der Waals surface area contributed by atoms with Crippen LogP contribution in [0.25, 0.3) is 10.2 Å². The molecule has 0 atom stereocenters. The van der Waals surface area contributed by atoms with Crippen molar-refractivity contribution in [3.63, 3.8) is 0 Å². The first-order chi connectivity index (χ1) is 14.1. The second-order valence-corrected chi connectivity index (χ2v) is 7.76. The first-order valence-electron chi connectivity index (χ1n) is 9.99. The van der Waals surface area contributed by atoms with Gasteiger partial charge in [-0.1, -0.05) is 35.6 Å². The average molecular weight is 417 g/mol. The smallest absolute Gasteiger partial charge is 0.232 e. The zero-order chi connectivity index (χ0) is 20.6. The maximum absolute atomic E-state index is 14.1. The van der Waals surface area contributed by atoms with Crippen molar-refractivity contribution in [3.8, 4) is 5.75 Å². The highest BCUT2D eigenvalue weighted by Gasteiger charge is 2.22. The van der Waals surface area contributed by atoms with Gasteiger partial charge >= 0.3 is 0 Å². The number of amides is 1. The van der Waals surface area contributed by atoms with Crippen LogP contribution in [0.3, 0.4) is 0 Å². The van der Waals surface area contributed by atoms with E-state index in [1.54, 1.807) is 11.0 Å². The summed E-state index contributed by atoms with van der Waals surface area (Å²) in [5.74, 6) is 0.313. The molecule has 0 radical (unpaired) electrons. The quantitative estimate of drug-likeness (QED) is 0.552. The van der Waals surface area contributed by atoms with E-state index in [9.17, 15) is 9.18 Å². The van der Waals surface area contributed by atoms with Gasteiger partial charge in [-0.05, 0) is 38.1 Å². The highest BCUT2D eigenvalue weighted by molar-refractivity contribution is 7.22. The summed E-state index contributed by atoms with van der Waals surface area (Å²) < 4.78 is 20.5. The summed E-state index contributed by atoms with van der Waals surface area (Å²) in [6.07, 6.45) is 0.237. The summed E-state index contributed by atoms with van der Waals surface area (Å²) in [5, 5.41) is 0.543. The Bertz CT molecular complexity index is 928. The number of nitrogens with one attached hydrogen (secondary N) is 1. The van der Waals surface area contributed by atoms with E-state index in [0.29, 0.717) is 17.2 Å². The highest BCUT2D eigenvalue weighted by Crippen LogP contribution is 2.30. The molecule has 0 saturated carbocycles. The molecule has 1 heterocycles. The lowest BCUT2D eigenvalue weighted by molar-refractivity contribution is -0.894. The van der Waals surface area contributed by atoms with Crippen molar-refractivity contribution in [3.05, 3.63) is 54.3 Å². The summed E-state index contributed by atoms with van der Waals surface area (Å²) in [4.78, 5) is 20.5. The highest BCUT2D eigenvalue weighted by atomic mass is 32.1. The Kier molecular flexibility index (Phi) is 7.55. The van der Waals surface area contributed by atoms with Crippen molar-refractivity contribution in [2.24, 2.45) is 0 Å². The number of aromatic nitrogens is 1. The van der Waals surface area contributed by atoms with E-state index in [1.165, 1.54) is 22.3 Å². The molecule has 0 aliphatic heterocycles. The van der Waals surface area contributed by atoms with Crippen molar-refractivity contribution in [1.29, 1.82) is 0 Å². The number of carbonyl (C=O) groups excluding carboxylic acids is 1. The number of likely N-dealkylation sites (N-methyl/N-ethyl adjacent to an activating group) is 1. The molecule has 0 unspecified atom stereocenters. The van der Waals surface area contributed by atoms with Gasteiger partial charge in [0.25, 0.3) is 0 Å². The zero-order valence-electron chi connectivity index (χ0n) is 16.9. The van der Waals surface area contributed by atoms with Crippen LogP contribution in [0.4, 0.5) is 9.52 Å². The number of benzene rings is 2. The predicted molar refractivity (Wildman–Crippen MR) is 115 cm³/mol. The van der Waals surface area contributed by atoms with Gasteiger partial charge in [0.1, 0.15) is 17.1 Å². The first kappa shape index (κ1) is 21.2. The van der Waals surface area contributed by atoms with Crippen LogP contribution in [-0.4, -0.2) is 43.7 Å². The number of thiazole rings is 1. The fraction of sp³-hybridized carbons (Fsp3) is 0.364. The number of fused-ring (bicyclic) bond motifs is 1. The van der Waals surface area contributed by atoms with Gasteiger partial charge < -0.3 is 9.64 Å². The minimum Gasteiger partial charge on any atom is -0.493 e. The van der Waals surface area contributed by atoms with Crippen LogP contribution in [0, 0.1) is 5.82 Å². The molecule has 3 aromatic rings. The van der Waals surface area contributed by atoms with E-state index in [-0.39, 0.29) is 24.8 Å². The lowest BCUT2D eigenvalue weighted by Crippen LogP contribution is -3.12. The summed E-state index contributed by atoms with van der Waals surface area (Å²) in [5.41, 5.74) is 0.320. The fourth-order valence-corrected chi connectivity index (χ4v) is 4.15. The molecule has 0 fully saturated rings. The number of nitrogens with zero attached hydrogens (tertiary/aromatic N) is 2. The van der Waals surface area contributed by atoms with E-state index < -0.39 is 0 Å². The fourth-order valence-electron chi connectivity index (χ4n) is 3.13. The minimum absolute atomic E-state index is 0.0630. The molecule has 2 aromatic carbocycles. The van der Waals surface area contributed by atoms with E-state index in [4.69, 9.17) is 4.74 Å². The van der Waals surface area contributed by atoms with Crippen LogP contribution in [-0.2, 0) is 4.79 Å². The van der Waals surface area contributed by atoms with Crippen LogP contribution >= 0.6 is 11.3 Å². The van der Waals surface area contributed by atoms with Gasteiger partial charge in [-0.3, -0.25) is 9.69 Å². The third-order valence-electron chi connectivity index (χ3n) is 4.91. The lowest BCUT2D eigenvalue weighted by Gasteiger charge is -2.23. The molecule has 7 heteroatoms. The van der Waals surface area contributed by atoms with Crippen molar-refractivity contribution in [1.82, 2.24) is 4.98 Å². The summed E-state index contributed by atoms with van der Waals surface area (Å²) in [6.45, 7) is 7.89. The summed E-state index contributed by atoms with van der Waals surface area (Å²) >= 11 is 1.35. The monoisotopic (exact) mass is 416 g/mol. The maximum atomic E-state index is 14.1. The Balaban J connectivity index is 1.74. The van der Waals surface area contributed by atoms with Crippen LogP contribution in [0.5, 0.6) is 5.75 Å². The number of hydrogen-bond donors (Lipinski definition) is 1. The molecule has 0 aliphatic carbocycles. The average Bonchev–Trinajstić information content (AvgIpc) is 3.17. The van der Waals surface area contributed by atoms with Crippen LogP contribution in [0.2, 0.25) is 0 Å². The number of hydrogen-bond acceptors (Lipinski definition) is 4. The Morgan fingerprint density at radius 2 is 1.90 bits per heavy atom. The Morgan fingerprint density at radius 3 is 2.59 bits per heavy atom. The topological polar surface area (TPSA) is 46.9 Å². The first-order valence-corrected chi connectivity index (χ1v) is 10.8. The predicted octanol–water partition coefficient (Wildman–Crippen LogP) is 3.16. The number of quaternary nitrogens is 1. The normalized spacial score (nSPS) is 11.2. The van der Waals surface area contributed by atoms with Gasteiger partial charge in [0.2, 0.25) is 5.91 Å². The van der Waals surface area contributed by atoms with Crippen molar-refractivity contribution in [2.45, 2.75) is 20.3 Å². The molecule has 1 N–H and O–H groups in total. The molecule has 1 amide bonds. The molecular weight excluding hydrogens is 389 g/mol. The molecule has 5 nitrogen and oxygen atoms in total. The van der Waals surface area contributed by atoms with E-state index in [0.717, 1.165) is 30.1 Å². The van der Waals surface area contributed by atoms with Gasteiger partial charge in [0.05, 0.1) is 43.9 Å². The Labute approximate surface area is 174 Å². The number of ether oxygens (including phenoxy) is 1. The molecule has 0 spiro atoms. The number of para-hydroxylation sites is 2. The Morgan fingerprint density at radius 1 is 1.14 bits per heavy atom. The molecule has 1 aromatic heterocycles. The third kappa shape index (κ3) is 5.52. The SMILES string of the molecule is CC[NH+](CC)CCN(C(=O)CCOc1ccccc1)c1nc2c(F)cccc2s1. The van der Waals surface area contributed by atoms with E-state index in [1.807, 2.05) is 36.4 Å². The zero-order valence-corrected chi connectivity index (χ0v) is 17.7. The molecule has 154 valence electrons. The third-order valence-corrected chi connectivity index (χ3v) is 5.95. The van der Waals surface area contributed by atoms with Crippen LogP contribution in [0.1, 0.15) is 20.3 Å². The van der Waals surface area contributed by atoms with E-state index in [2.05, 4.69) is 18.8 Å². The van der Waals surface area contributed by atoms with Crippen molar-refractivity contribution in [2.75, 3.05) is 37.7 Å². The van der Waals surface area contributed by atoms with Gasteiger partial charge in [0.15, 0.2) is 5.13 Å². The summed E-state index contributed by atoms with van der Waals surface area (Å²) in [6, 6.07) is 14.3. The molecule has 0 aliphatic rings. The van der Waals surface area contributed by atoms with Crippen LogP contribution in [0.15, 0.2) is 48.5 Å². The second kappa shape index (κ2) is 10.3. The summed E-state index contributed by atoms with van der Waals surface area (Å²) in [7, 11) is 0. The van der Waals surface area contributed by atoms with Gasteiger partial charge in [-0.15, -0.1) is 0 Å². The van der Waals surface area contributed by atoms with Gasteiger partial charge in [0, 0.05) is 0 Å². The second-order valence-electron chi connectivity index (χ2n) is 6.75.